The zero-order chi connectivity index (χ0) is 9.31. The highest BCUT2D eigenvalue weighted by molar-refractivity contribution is 4.89. The molecule has 2 aliphatic rings. The Morgan fingerprint density at radius 1 is 1.54 bits per heavy atom. The van der Waals surface area contributed by atoms with E-state index in [0.29, 0.717) is 5.92 Å². The van der Waals surface area contributed by atoms with E-state index in [0.717, 1.165) is 13.2 Å². The number of hydrogen-bond acceptors (Lipinski definition) is 3. The summed E-state index contributed by atoms with van der Waals surface area (Å²) in [6.07, 6.45) is 2.61. The maximum absolute atomic E-state index is 5.79. The molecular formula is C10H20N2O. The number of piperidine rings is 1. The van der Waals surface area contributed by atoms with Crippen LogP contribution in [0.5, 0.6) is 0 Å². The molecule has 0 radical (unpaired) electrons. The molecule has 0 spiro atoms. The molecular weight excluding hydrogens is 164 g/mol. The quantitative estimate of drug-likeness (QED) is 0.648. The third kappa shape index (κ3) is 1.87. The molecule has 2 atom stereocenters. The first-order chi connectivity index (χ1) is 6.21. The van der Waals surface area contributed by atoms with E-state index in [2.05, 4.69) is 24.2 Å². The van der Waals surface area contributed by atoms with Gasteiger partial charge in [-0.2, -0.15) is 0 Å². The predicted molar refractivity (Wildman–Crippen MR) is 52.6 cm³/mol. The molecule has 76 valence electrons. The van der Waals surface area contributed by atoms with Crippen molar-refractivity contribution in [1.82, 2.24) is 10.2 Å². The zero-order valence-corrected chi connectivity index (χ0v) is 8.68. The lowest BCUT2D eigenvalue weighted by molar-refractivity contribution is -0.0631. The highest BCUT2D eigenvalue weighted by atomic mass is 16.5. The standard InChI is InChI=1S/C10H20N2O/c1-10(11-5-7-13-10)9-4-3-6-12(2)8-9/h9,11H,3-8H2,1-2H3. The molecule has 0 aromatic heterocycles. The molecule has 13 heavy (non-hydrogen) atoms. The minimum Gasteiger partial charge on any atom is -0.359 e. The van der Waals surface area contributed by atoms with Crippen molar-refractivity contribution in [2.45, 2.75) is 25.5 Å². The van der Waals surface area contributed by atoms with Gasteiger partial charge < -0.3 is 9.64 Å². The van der Waals surface area contributed by atoms with Gasteiger partial charge in [0.05, 0.1) is 6.61 Å². The summed E-state index contributed by atoms with van der Waals surface area (Å²) >= 11 is 0. The van der Waals surface area contributed by atoms with Crippen LogP contribution < -0.4 is 5.32 Å². The molecule has 0 saturated carbocycles. The summed E-state index contributed by atoms with van der Waals surface area (Å²) < 4.78 is 5.79. The number of rotatable bonds is 1. The number of ether oxygens (including phenoxy) is 1. The second-order valence-corrected chi connectivity index (χ2v) is 4.48. The fourth-order valence-corrected chi connectivity index (χ4v) is 2.49. The Balaban J connectivity index is 1.98. The fraction of sp³-hybridized carbons (Fsp3) is 1.00. The van der Waals surface area contributed by atoms with Crippen LogP contribution in [0.3, 0.4) is 0 Å². The summed E-state index contributed by atoms with van der Waals surface area (Å²) in [5.41, 5.74) is -0.0469. The van der Waals surface area contributed by atoms with Gasteiger partial charge in [0.25, 0.3) is 0 Å². The van der Waals surface area contributed by atoms with Gasteiger partial charge in [-0.05, 0) is 33.4 Å². The Morgan fingerprint density at radius 3 is 3.00 bits per heavy atom. The van der Waals surface area contributed by atoms with Crippen molar-refractivity contribution in [2.24, 2.45) is 5.92 Å². The third-order valence-electron chi connectivity index (χ3n) is 3.38. The minimum absolute atomic E-state index is 0.0469. The van der Waals surface area contributed by atoms with E-state index in [9.17, 15) is 0 Å². The van der Waals surface area contributed by atoms with E-state index >= 15 is 0 Å². The molecule has 2 aliphatic heterocycles. The summed E-state index contributed by atoms with van der Waals surface area (Å²) in [4.78, 5) is 2.41. The topological polar surface area (TPSA) is 24.5 Å². The van der Waals surface area contributed by atoms with Crippen molar-refractivity contribution < 1.29 is 4.74 Å². The number of nitrogens with one attached hydrogen (secondary N) is 1. The second kappa shape index (κ2) is 3.56. The smallest absolute Gasteiger partial charge is 0.120 e. The van der Waals surface area contributed by atoms with E-state index in [1.165, 1.54) is 25.9 Å². The highest BCUT2D eigenvalue weighted by Crippen LogP contribution is 2.29. The van der Waals surface area contributed by atoms with Crippen LogP contribution in [-0.4, -0.2) is 43.9 Å². The molecule has 0 amide bonds. The lowest BCUT2D eigenvalue weighted by Gasteiger charge is -2.39. The van der Waals surface area contributed by atoms with Gasteiger partial charge in [-0.15, -0.1) is 0 Å². The summed E-state index contributed by atoms with van der Waals surface area (Å²) in [6.45, 7) is 6.49. The second-order valence-electron chi connectivity index (χ2n) is 4.48. The predicted octanol–water partition coefficient (Wildman–Crippen LogP) is 0.664. The van der Waals surface area contributed by atoms with Crippen LogP contribution in [0.2, 0.25) is 0 Å². The molecule has 2 saturated heterocycles. The van der Waals surface area contributed by atoms with Gasteiger partial charge in [0, 0.05) is 19.0 Å². The van der Waals surface area contributed by atoms with Gasteiger partial charge in [-0.25, -0.2) is 0 Å². The molecule has 1 N–H and O–H groups in total. The van der Waals surface area contributed by atoms with Gasteiger partial charge in [-0.3, -0.25) is 5.32 Å². The van der Waals surface area contributed by atoms with Crippen LogP contribution >= 0.6 is 0 Å². The highest BCUT2D eigenvalue weighted by Gasteiger charge is 2.39. The number of hydrogen-bond donors (Lipinski definition) is 1. The van der Waals surface area contributed by atoms with Crippen molar-refractivity contribution >= 4 is 0 Å². The van der Waals surface area contributed by atoms with Crippen molar-refractivity contribution in [3.05, 3.63) is 0 Å². The van der Waals surface area contributed by atoms with Gasteiger partial charge in [0.2, 0.25) is 0 Å². The summed E-state index contributed by atoms with van der Waals surface area (Å²) in [7, 11) is 2.20. The molecule has 3 nitrogen and oxygen atoms in total. The van der Waals surface area contributed by atoms with Crippen molar-refractivity contribution in [2.75, 3.05) is 33.3 Å². The van der Waals surface area contributed by atoms with Crippen molar-refractivity contribution in [1.29, 1.82) is 0 Å². The summed E-state index contributed by atoms with van der Waals surface area (Å²) in [6, 6.07) is 0. The SMILES string of the molecule is CN1CCCC(C2(C)NCCO2)C1. The summed E-state index contributed by atoms with van der Waals surface area (Å²) in [5.74, 6) is 0.661. The maximum atomic E-state index is 5.79. The molecule has 2 rings (SSSR count). The Hall–Kier alpha value is -0.120. The molecule has 0 aromatic rings. The lowest BCUT2D eigenvalue weighted by Crippen LogP contribution is -2.51. The zero-order valence-electron chi connectivity index (χ0n) is 8.68. The lowest BCUT2D eigenvalue weighted by atomic mass is 9.89. The van der Waals surface area contributed by atoms with Crippen LogP contribution in [-0.2, 0) is 4.74 Å². The van der Waals surface area contributed by atoms with Crippen LogP contribution in [0.1, 0.15) is 19.8 Å². The van der Waals surface area contributed by atoms with Gasteiger partial charge in [0.15, 0.2) is 0 Å². The van der Waals surface area contributed by atoms with Crippen LogP contribution in [0.4, 0.5) is 0 Å². The normalized spacial score (nSPS) is 42.5. The Bertz CT molecular complexity index is 178. The maximum Gasteiger partial charge on any atom is 0.120 e. The molecule has 0 aliphatic carbocycles. The van der Waals surface area contributed by atoms with Crippen molar-refractivity contribution in [3.63, 3.8) is 0 Å². The first-order valence-electron chi connectivity index (χ1n) is 5.28. The van der Waals surface area contributed by atoms with E-state index in [1.54, 1.807) is 0 Å². The van der Waals surface area contributed by atoms with Crippen molar-refractivity contribution in [3.8, 4) is 0 Å². The molecule has 2 fully saturated rings. The first-order valence-corrected chi connectivity index (χ1v) is 5.28. The van der Waals surface area contributed by atoms with E-state index < -0.39 is 0 Å². The van der Waals surface area contributed by atoms with E-state index in [-0.39, 0.29) is 5.72 Å². The molecule has 0 bridgehead atoms. The Labute approximate surface area is 80.4 Å². The Morgan fingerprint density at radius 2 is 2.38 bits per heavy atom. The van der Waals surface area contributed by atoms with Gasteiger partial charge in [-0.1, -0.05) is 0 Å². The average Bonchev–Trinajstić information content (AvgIpc) is 2.54. The van der Waals surface area contributed by atoms with Gasteiger partial charge >= 0.3 is 0 Å². The number of likely N-dealkylation sites (tertiary alicyclic amines) is 1. The minimum atomic E-state index is -0.0469. The Kier molecular flexibility index (Phi) is 2.58. The number of nitrogens with zero attached hydrogens (tertiary/aromatic N) is 1. The fourth-order valence-electron chi connectivity index (χ4n) is 2.49. The molecule has 2 heterocycles. The molecule has 3 heteroatoms. The monoisotopic (exact) mass is 184 g/mol. The van der Waals surface area contributed by atoms with Gasteiger partial charge in [0.1, 0.15) is 5.72 Å². The molecule has 0 aromatic carbocycles. The van der Waals surface area contributed by atoms with Crippen LogP contribution in [0.15, 0.2) is 0 Å². The largest absolute Gasteiger partial charge is 0.359 e. The van der Waals surface area contributed by atoms with Crippen LogP contribution in [0, 0.1) is 5.92 Å². The van der Waals surface area contributed by atoms with Crippen LogP contribution in [0.25, 0.3) is 0 Å². The third-order valence-corrected chi connectivity index (χ3v) is 3.38. The summed E-state index contributed by atoms with van der Waals surface area (Å²) in [5, 5.41) is 3.47. The van der Waals surface area contributed by atoms with E-state index in [4.69, 9.17) is 4.74 Å². The molecule has 2 unspecified atom stereocenters. The average molecular weight is 184 g/mol. The van der Waals surface area contributed by atoms with E-state index in [1.807, 2.05) is 0 Å². The first kappa shape index (κ1) is 9.44.